The fourth-order valence-electron chi connectivity index (χ4n) is 8.41. The lowest BCUT2D eigenvalue weighted by molar-refractivity contribution is -0.199. The third-order valence-corrected chi connectivity index (χ3v) is 11.7. The molecule has 4 saturated carbocycles. The van der Waals surface area contributed by atoms with Gasteiger partial charge in [0.1, 0.15) is 0 Å². The van der Waals surface area contributed by atoms with Crippen molar-refractivity contribution in [3.05, 3.63) is 35.4 Å². The minimum atomic E-state index is -1.26. The Balaban J connectivity index is 0.919. The number of esters is 4. The Morgan fingerprint density at radius 3 is 0.896 bits per heavy atom. The van der Waals surface area contributed by atoms with E-state index >= 15 is 0 Å². The molecule has 258 valence electrons. The van der Waals surface area contributed by atoms with Crippen LogP contribution < -0.4 is 0 Å². The Morgan fingerprint density at radius 1 is 0.417 bits per heavy atom. The minimum absolute atomic E-state index is 0.0892. The molecule has 0 N–H and O–H groups in total. The highest BCUT2D eigenvalue weighted by Gasteiger charge is 2.50. The van der Waals surface area contributed by atoms with Crippen molar-refractivity contribution in [2.75, 3.05) is 0 Å². The highest BCUT2D eigenvalue weighted by molar-refractivity contribution is 5.76. The van der Waals surface area contributed by atoms with Crippen LogP contribution in [0.25, 0.3) is 0 Å². The standard InChI is InChI=1S/C36H42O12/c37-31(19-5-9-23-27(13-19)41-23)45-35(46-32(38)20-6-10-24-28(14-20)42-24)17-1-2-18(4-3-17)36(47-33(39)21-7-11-25-29(15-21)43-25)48-34(40)22-8-12-26-30(16-22)44-26/h1-4,19-30,35-36H,5-16H2. The van der Waals surface area contributed by atoms with Crippen molar-refractivity contribution in [3.8, 4) is 0 Å². The van der Waals surface area contributed by atoms with Gasteiger partial charge in [0.2, 0.25) is 0 Å². The predicted octanol–water partition coefficient (Wildman–Crippen LogP) is 4.13. The summed E-state index contributed by atoms with van der Waals surface area (Å²) in [6.45, 7) is 0. The summed E-state index contributed by atoms with van der Waals surface area (Å²) in [6.07, 6.45) is 6.98. The SMILES string of the molecule is O=C(OC(OC(=O)C1CCC2OC2C1)c1ccc(C(OC(=O)C2CCC3OC3C2)OC(=O)C2CCC3OC3C2)cc1)C1CCC2OC2C1. The highest BCUT2D eigenvalue weighted by atomic mass is 16.7. The summed E-state index contributed by atoms with van der Waals surface area (Å²) in [4.78, 5) is 53.2. The first-order chi connectivity index (χ1) is 23.3. The zero-order chi connectivity index (χ0) is 32.5. The number of hydrogen-bond acceptors (Lipinski definition) is 12. The van der Waals surface area contributed by atoms with Crippen LogP contribution in [-0.2, 0) is 57.1 Å². The van der Waals surface area contributed by atoms with Crippen LogP contribution in [0.1, 0.15) is 101 Å². The van der Waals surface area contributed by atoms with Gasteiger partial charge in [0, 0.05) is 11.1 Å². The molecule has 0 bridgehead atoms. The quantitative estimate of drug-likeness (QED) is 0.200. The van der Waals surface area contributed by atoms with Crippen LogP contribution in [0.4, 0.5) is 0 Å². The minimum Gasteiger partial charge on any atom is -0.420 e. The number of carbonyl (C=O) groups excluding carboxylic acids is 4. The summed E-state index contributed by atoms with van der Waals surface area (Å²) < 4.78 is 46.0. The largest absolute Gasteiger partial charge is 0.420 e. The third kappa shape index (κ3) is 6.60. The number of carbonyl (C=O) groups is 4. The van der Waals surface area contributed by atoms with E-state index in [9.17, 15) is 19.2 Å². The normalized spacial score (nSPS) is 41.0. The van der Waals surface area contributed by atoms with Crippen molar-refractivity contribution in [2.24, 2.45) is 23.7 Å². The number of ether oxygens (including phenoxy) is 8. The zero-order valence-electron chi connectivity index (χ0n) is 26.8. The van der Waals surface area contributed by atoms with Gasteiger partial charge in [0.15, 0.2) is 0 Å². The monoisotopic (exact) mass is 666 g/mol. The van der Waals surface area contributed by atoms with Crippen LogP contribution in [0.2, 0.25) is 0 Å². The Bertz CT molecular complexity index is 1250. The molecular formula is C36H42O12. The van der Waals surface area contributed by atoms with E-state index in [0.717, 1.165) is 25.7 Å². The molecule has 0 aromatic heterocycles. The van der Waals surface area contributed by atoms with E-state index in [1.807, 2.05) is 0 Å². The number of fused-ring (bicyclic) bond motifs is 4. The molecule has 8 fully saturated rings. The van der Waals surface area contributed by atoms with Gasteiger partial charge < -0.3 is 37.9 Å². The van der Waals surface area contributed by atoms with Crippen molar-refractivity contribution in [2.45, 2.75) is 138 Å². The van der Waals surface area contributed by atoms with Crippen LogP contribution in [0, 0.1) is 23.7 Å². The van der Waals surface area contributed by atoms with E-state index in [1.54, 1.807) is 24.3 Å². The van der Waals surface area contributed by atoms with Gasteiger partial charge in [-0.05, 0) is 77.0 Å². The second-order valence-electron chi connectivity index (χ2n) is 15.0. The number of epoxide rings is 4. The van der Waals surface area contributed by atoms with E-state index in [1.165, 1.54) is 0 Å². The van der Waals surface area contributed by atoms with Gasteiger partial charge in [0.05, 0.1) is 72.5 Å². The van der Waals surface area contributed by atoms with Gasteiger partial charge in [0.25, 0.3) is 12.6 Å². The van der Waals surface area contributed by atoms with Gasteiger partial charge >= 0.3 is 23.9 Å². The first-order valence-electron chi connectivity index (χ1n) is 17.9. The molecule has 8 aliphatic rings. The molecule has 1 aromatic rings. The summed E-state index contributed by atoms with van der Waals surface area (Å²) in [5.41, 5.74) is 0.885. The zero-order valence-corrected chi connectivity index (χ0v) is 26.8. The summed E-state index contributed by atoms with van der Waals surface area (Å²) in [6, 6.07) is 6.63. The van der Waals surface area contributed by atoms with E-state index in [0.29, 0.717) is 62.5 Å². The Morgan fingerprint density at radius 2 is 0.667 bits per heavy atom. The van der Waals surface area contributed by atoms with E-state index in [2.05, 4.69) is 0 Å². The molecule has 0 amide bonds. The molecule has 4 aliphatic heterocycles. The molecule has 0 radical (unpaired) electrons. The van der Waals surface area contributed by atoms with Gasteiger partial charge in [-0.1, -0.05) is 24.3 Å². The van der Waals surface area contributed by atoms with Crippen LogP contribution in [0.5, 0.6) is 0 Å². The Labute approximate surface area is 278 Å². The van der Waals surface area contributed by atoms with E-state index in [-0.39, 0.29) is 72.5 Å². The molecular weight excluding hydrogens is 624 g/mol. The van der Waals surface area contributed by atoms with Gasteiger partial charge in [-0.3, -0.25) is 19.2 Å². The number of benzene rings is 1. The average Bonchev–Trinajstić information content (AvgIpc) is 3.93. The molecule has 1 aromatic carbocycles. The van der Waals surface area contributed by atoms with Gasteiger partial charge in [-0.25, -0.2) is 0 Å². The van der Waals surface area contributed by atoms with Crippen LogP contribution in [-0.4, -0.2) is 72.7 Å². The second kappa shape index (κ2) is 12.4. The van der Waals surface area contributed by atoms with Crippen molar-refractivity contribution in [1.82, 2.24) is 0 Å². The molecule has 12 atom stereocenters. The number of rotatable bonds is 10. The molecule has 9 rings (SSSR count). The van der Waals surface area contributed by atoms with Crippen molar-refractivity contribution in [3.63, 3.8) is 0 Å². The van der Waals surface area contributed by atoms with Gasteiger partial charge in [-0.2, -0.15) is 0 Å². The second-order valence-corrected chi connectivity index (χ2v) is 15.0. The predicted molar refractivity (Wildman–Crippen MR) is 160 cm³/mol. The fraction of sp³-hybridized carbons (Fsp3) is 0.722. The summed E-state index contributed by atoms with van der Waals surface area (Å²) in [5.74, 6) is -3.04. The Kier molecular flexibility index (Phi) is 7.98. The smallest absolute Gasteiger partial charge is 0.312 e. The average molecular weight is 667 g/mol. The molecule has 4 saturated heterocycles. The number of hydrogen-bond donors (Lipinski definition) is 0. The fourth-order valence-corrected chi connectivity index (χ4v) is 8.41. The molecule has 4 heterocycles. The van der Waals surface area contributed by atoms with Crippen molar-refractivity contribution >= 4 is 23.9 Å². The van der Waals surface area contributed by atoms with Crippen molar-refractivity contribution in [1.29, 1.82) is 0 Å². The first kappa shape index (κ1) is 31.0. The molecule has 12 nitrogen and oxygen atoms in total. The molecule has 12 heteroatoms. The maximum atomic E-state index is 13.3. The lowest BCUT2D eigenvalue weighted by atomic mass is 9.89. The lowest BCUT2D eigenvalue weighted by Gasteiger charge is -2.27. The van der Waals surface area contributed by atoms with E-state index in [4.69, 9.17) is 37.9 Å². The summed E-state index contributed by atoms with van der Waals surface area (Å²) >= 11 is 0. The highest BCUT2D eigenvalue weighted by Crippen LogP contribution is 2.44. The van der Waals surface area contributed by atoms with Crippen LogP contribution in [0.15, 0.2) is 24.3 Å². The summed E-state index contributed by atoms with van der Waals surface area (Å²) in [5, 5.41) is 0. The Hall–Kier alpha value is -3.06. The molecule has 4 aliphatic carbocycles. The molecule has 48 heavy (non-hydrogen) atoms. The third-order valence-electron chi connectivity index (χ3n) is 11.7. The van der Waals surface area contributed by atoms with E-state index < -0.39 is 36.5 Å². The topological polar surface area (TPSA) is 155 Å². The van der Waals surface area contributed by atoms with Crippen molar-refractivity contribution < 1.29 is 57.1 Å². The maximum absolute atomic E-state index is 13.3. The maximum Gasteiger partial charge on any atom is 0.312 e. The summed E-state index contributed by atoms with van der Waals surface area (Å²) in [7, 11) is 0. The van der Waals surface area contributed by atoms with Crippen LogP contribution >= 0.6 is 0 Å². The first-order valence-corrected chi connectivity index (χ1v) is 17.9. The molecule has 12 unspecified atom stereocenters. The molecule has 0 spiro atoms. The van der Waals surface area contributed by atoms with Gasteiger partial charge in [-0.15, -0.1) is 0 Å². The lowest BCUT2D eigenvalue weighted by Crippen LogP contribution is -2.30. The van der Waals surface area contributed by atoms with Crippen LogP contribution in [0.3, 0.4) is 0 Å².